The molecule has 0 unspecified atom stereocenters. The van der Waals surface area contributed by atoms with Crippen LogP contribution in [0.1, 0.15) is 5.56 Å². The highest BCUT2D eigenvalue weighted by Crippen LogP contribution is 2.50. The van der Waals surface area contributed by atoms with E-state index in [-0.39, 0.29) is 0 Å². The number of rotatable bonds is 0. The molecule has 58 valence electrons. The maximum atomic E-state index is 11.9. The standard InChI is InChI=1S/C7H4F3N/c8-7(9,10)3-1-4-5(2-3)6(4)11/h1-2H,11H2. The Morgan fingerprint density at radius 2 is 1.55 bits per heavy atom. The zero-order chi connectivity index (χ0) is 8.22. The first-order valence-electron chi connectivity index (χ1n) is 3.01. The minimum atomic E-state index is -4.23. The largest absolute Gasteiger partial charge is 0.416 e. The third kappa shape index (κ3) is 0.785. The molecule has 0 aromatic carbocycles. The van der Waals surface area contributed by atoms with Crippen molar-refractivity contribution in [3.63, 3.8) is 0 Å². The minimum Gasteiger partial charge on any atom is -0.398 e. The average Bonchev–Trinajstić information content (AvgIpc) is 2.39. The van der Waals surface area contributed by atoms with E-state index >= 15 is 0 Å². The Morgan fingerprint density at radius 3 is 1.91 bits per heavy atom. The van der Waals surface area contributed by atoms with Gasteiger partial charge in [-0.25, -0.2) is 0 Å². The number of halogens is 3. The van der Waals surface area contributed by atoms with Crippen LogP contribution in [0.5, 0.6) is 0 Å². The maximum absolute atomic E-state index is 11.9. The van der Waals surface area contributed by atoms with Crippen LogP contribution in [0.15, 0.2) is 12.1 Å². The van der Waals surface area contributed by atoms with E-state index in [9.17, 15) is 13.2 Å². The van der Waals surface area contributed by atoms with Crippen molar-refractivity contribution in [3.05, 3.63) is 17.7 Å². The van der Waals surface area contributed by atoms with E-state index in [1.165, 1.54) is 0 Å². The van der Waals surface area contributed by atoms with Crippen molar-refractivity contribution in [2.24, 2.45) is 0 Å². The molecule has 0 fully saturated rings. The van der Waals surface area contributed by atoms with E-state index in [1.54, 1.807) is 0 Å². The first-order chi connectivity index (χ1) is 5.00. The van der Waals surface area contributed by atoms with Gasteiger partial charge >= 0.3 is 6.18 Å². The van der Waals surface area contributed by atoms with Gasteiger partial charge in [-0.3, -0.25) is 0 Å². The van der Waals surface area contributed by atoms with Crippen molar-refractivity contribution < 1.29 is 13.2 Å². The lowest BCUT2D eigenvalue weighted by atomic mass is 10.3. The fraction of sp³-hybridized carbons (Fsp3) is 0.143. The molecule has 2 aliphatic carbocycles. The molecule has 0 atom stereocenters. The summed E-state index contributed by atoms with van der Waals surface area (Å²) in [5.74, 6) is 0. The Bertz CT molecular complexity index is 304. The minimum absolute atomic E-state index is 0.498. The molecule has 2 aliphatic rings. The summed E-state index contributed by atoms with van der Waals surface area (Å²) >= 11 is 0. The van der Waals surface area contributed by atoms with Crippen LogP contribution in [-0.2, 0) is 6.18 Å². The molecular formula is C7H4F3N. The molecular weight excluding hydrogens is 155 g/mol. The Labute approximate surface area is 60.6 Å². The van der Waals surface area contributed by atoms with Crippen LogP contribution >= 0.6 is 0 Å². The maximum Gasteiger partial charge on any atom is 0.416 e. The zero-order valence-corrected chi connectivity index (χ0v) is 5.37. The molecule has 0 amide bonds. The molecule has 2 rings (SSSR count). The number of benzene rings is 1. The molecule has 4 heteroatoms. The lowest BCUT2D eigenvalue weighted by Crippen LogP contribution is -2.02. The van der Waals surface area contributed by atoms with Gasteiger partial charge in [-0.1, -0.05) is 0 Å². The smallest absolute Gasteiger partial charge is 0.398 e. The molecule has 0 heterocycles. The van der Waals surface area contributed by atoms with Gasteiger partial charge in [-0.05, 0) is 12.1 Å². The second kappa shape index (κ2) is 1.52. The molecule has 2 N–H and O–H groups in total. The summed E-state index contributed by atoms with van der Waals surface area (Å²) in [6, 6.07) is 2.15. The predicted octanol–water partition coefficient (Wildman–Crippen LogP) is 2.27. The highest BCUT2D eigenvalue weighted by atomic mass is 19.4. The van der Waals surface area contributed by atoms with Crippen molar-refractivity contribution in [3.8, 4) is 11.1 Å². The van der Waals surface area contributed by atoms with Gasteiger partial charge in [0.25, 0.3) is 0 Å². The molecule has 0 radical (unpaired) electrons. The van der Waals surface area contributed by atoms with Gasteiger partial charge in [-0.15, -0.1) is 0 Å². The molecule has 0 aromatic rings. The van der Waals surface area contributed by atoms with Crippen molar-refractivity contribution in [1.29, 1.82) is 0 Å². The van der Waals surface area contributed by atoms with Crippen LogP contribution < -0.4 is 5.73 Å². The fourth-order valence-electron chi connectivity index (χ4n) is 1.06. The van der Waals surface area contributed by atoms with Crippen LogP contribution in [0, 0.1) is 0 Å². The lowest BCUT2D eigenvalue weighted by molar-refractivity contribution is -0.137. The van der Waals surface area contributed by atoms with E-state index in [4.69, 9.17) is 5.73 Å². The Hall–Kier alpha value is -1.19. The van der Waals surface area contributed by atoms with Gasteiger partial charge in [0.15, 0.2) is 0 Å². The molecule has 0 spiro atoms. The molecule has 1 nitrogen and oxygen atoms in total. The summed E-state index contributed by atoms with van der Waals surface area (Å²) in [7, 11) is 0. The lowest BCUT2D eigenvalue weighted by Gasteiger charge is -2.01. The zero-order valence-electron chi connectivity index (χ0n) is 5.37. The van der Waals surface area contributed by atoms with E-state index in [0.29, 0.717) is 16.8 Å². The van der Waals surface area contributed by atoms with Crippen LogP contribution in [0.2, 0.25) is 0 Å². The predicted molar refractivity (Wildman–Crippen MR) is 34.9 cm³/mol. The van der Waals surface area contributed by atoms with Crippen molar-refractivity contribution in [1.82, 2.24) is 0 Å². The van der Waals surface area contributed by atoms with Crippen LogP contribution in [0.25, 0.3) is 11.1 Å². The molecule has 0 aliphatic heterocycles. The monoisotopic (exact) mass is 159 g/mol. The van der Waals surface area contributed by atoms with Crippen molar-refractivity contribution in [2.75, 3.05) is 5.73 Å². The summed E-state index contributed by atoms with van der Waals surface area (Å²) < 4.78 is 35.7. The average molecular weight is 159 g/mol. The second-order valence-corrected chi connectivity index (χ2v) is 2.48. The Balaban J connectivity index is 2.41. The second-order valence-electron chi connectivity index (χ2n) is 2.48. The number of hydrogen-bond acceptors (Lipinski definition) is 1. The number of nitrogens with two attached hydrogens (primary N) is 1. The quantitative estimate of drug-likeness (QED) is 0.586. The molecule has 0 aromatic heterocycles. The first kappa shape index (κ1) is 6.52. The normalized spacial score (nSPS) is 13.4. The highest BCUT2D eigenvalue weighted by Gasteiger charge is 2.36. The molecule has 0 bridgehead atoms. The third-order valence-corrected chi connectivity index (χ3v) is 1.74. The van der Waals surface area contributed by atoms with Crippen molar-refractivity contribution in [2.45, 2.75) is 6.18 Å². The van der Waals surface area contributed by atoms with E-state index in [1.807, 2.05) is 0 Å². The Kier molecular flexibility index (Phi) is 0.900. The summed E-state index contributed by atoms with van der Waals surface area (Å²) in [6.07, 6.45) is -4.23. The number of fused-ring (bicyclic) bond motifs is 1. The van der Waals surface area contributed by atoms with Gasteiger partial charge in [0.05, 0.1) is 5.56 Å². The summed E-state index contributed by atoms with van der Waals surface area (Å²) in [6.45, 7) is 0. The third-order valence-electron chi connectivity index (χ3n) is 1.74. The van der Waals surface area contributed by atoms with E-state index in [2.05, 4.69) is 0 Å². The van der Waals surface area contributed by atoms with Crippen LogP contribution in [0.4, 0.5) is 18.9 Å². The van der Waals surface area contributed by atoms with Crippen molar-refractivity contribution >= 4 is 5.69 Å². The Morgan fingerprint density at radius 1 is 1.09 bits per heavy atom. The van der Waals surface area contributed by atoms with Gasteiger partial charge in [0.1, 0.15) is 0 Å². The summed E-state index contributed by atoms with van der Waals surface area (Å²) in [4.78, 5) is 0. The molecule has 11 heavy (non-hydrogen) atoms. The summed E-state index contributed by atoms with van der Waals surface area (Å²) in [5.41, 5.74) is 6.28. The summed E-state index contributed by atoms with van der Waals surface area (Å²) in [5, 5.41) is 0. The van der Waals surface area contributed by atoms with Gasteiger partial charge < -0.3 is 5.73 Å². The number of hydrogen-bond donors (Lipinski definition) is 1. The fourth-order valence-corrected chi connectivity index (χ4v) is 1.06. The van der Waals surface area contributed by atoms with Crippen LogP contribution in [0.3, 0.4) is 0 Å². The van der Waals surface area contributed by atoms with Gasteiger partial charge in [0.2, 0.25) is 0 Å². The van der Waals surface area contributed by atoms with E-state index < -0.39 is 11.7 Å². The van der Waals surface area contributed by atoms with Gasteiger partial charge in [-0.2, -0.15) is 13.2 Å². The van der Waals surface area contributed by atoms with Gasteiger partial charge in [0, 0.05) is 16.8 Å². The SMILES string of the molecule is Nc1c2cc(C(F)(F)F)cc1-2. The topological polar surface area (TPSA) is 26.0 Å². The van der Waals surface area contributed by atoms with E-state index in [0.717, 1.165) is 12.1 Å². The molecule has 0 saturated carbocycles. The number of anilines is 1. The highest BCUT2D eigenvalue weighted by molar-refractivity contribution is 6.04. The number of alkyl halides is 3. The number of nitrogen functional groups attached to an aromatic ring is 1. The first-order valence-corrected chi connectivity index (χ1v) is 3.01. The van der Waals surface area contributed by atoms with Crippen LogP contribution in [-0.4, -0.2) is 0 Å². The molecule has 0 saturated heterocycles.